The van der Waals surface area contributed by atoms with Crippen molar-refractivity contribution in [3.8, 4) is 11.5 Å². The van der Waals surface area contributed by atoms with Crippen LogP contribution in [0, 0.1) is 0 Å². The molecule has 1 amide bonds. The predicted molar refractivity (Wildman–Crippen MR) is 85.5 cm³/mol. The van der Waals surface area contributed by atoms with Crippen LogP contribution in [-0.2, 0) is 4.79 Å². The van der Waals surface area contributed by atoms with Crippen molar-refractivity contribution in [2.24, 2.45) is 0 Å². The number of ether oxygens (including phenoxy) is 2. The lowest BCUT2D eigenvalue weighted by Gasteiger charge is -2.12. The first-order valence-electron chi connectivity index (χ1n) is 6.59. The maximum Gasteiger partial charge on any atom is 0.339 e. The Hall–Kier alpha value is -2.73. The number of methoxy groups -OCH3 is 1. The fourth-order valence-corrected chi connectivity index (χ4v) is 2.03. The molecule has 0 aliphatic heterocycles. The van der Waals surface area contributed by atoms with E-state index in [0.29, 0.717) is 16.5 Å². The number of carboxylic acid groups (broad SMARTS) is 1. The Balaban J connectivity index is 2.05. The van der Waals surface area contributed by atoms with E-state index in [-0.39, 0.29) is 17.9 Å². The highest BCUT2D eigenvalue weighted by atomic mass is 35.5. The van der Waals surface area contributed by atoms with Crippen molar-refractivity contribution in [1.29, 1.82) is 0 Å². The molecule has 0 saturated carbocycles. The molecule has 0 aliphatic carbocycles. The van der Waals surface area contributed by atoms with Crippen molar-refractivity contribution in [1.82, 2.24) is 0 Å². The number of carbonyl (C=O) groups is 2. The van der Waals surface area contributed by atoms with Gasteiger partial charge in [-0.3, -0.25) is 4.79 Å². The number of nitrogens with one attached hydrogen (secondary N) is 1. The summed E-state index contributed by atoms with van der Waals surface area (Å²) in [5, 5.41) is 12.0. The number of anilines is 1. The van der Waals surface area contributed by atoms with E-state index in [0.717, 1.165) is 0 Å². The van der Waals surface area contributed by atoms with Crippen molar-refractivity contribution in [3.63, 3.8) is 0 Å². The lowest BCUT2D eigenvalue weighted by atomic mass is 10.2. The van der Waals surface area contributed by atoms with Crippen LogP contribution >= 0.6 is 11.6 Å². The van der Waals surface area contributed by atoms with E-state index in [1.54, 1.807) is 24.3 Å². The topological polar surface area (TPSA) is 84.9 Å². The number of hydrogen-bond acceptors (Lipinski definition) is 4. The third kappa shape index (κ3) is 4.37. The molecule has 0 spiro atoms. The number of carbonyl (C=O) groups excluding carboxylic acids is 1. The fourth-order valence-electron chi connectivity index (χ4n) is 1.87. The van der Waals surface area contributed by atoms with Gasteiger partial charge in [-0.2, -0.15) is 0 Å². The van der Waals surface area contributed by atoms with E-state index in [2.05, 4.69) is 5.32 Å². The lowest BCUT2D eigenvalue weighted by Crippen LogP contribution is -2.21. The number of carboxylic acids is 1. The molecule has 2 N–H and O–H groups in total. The van der Waals surface area contributed by atoms with Crippen molar-refractivity contribution in [2.45, 2.75) is 0 Å². The van der Waals surface area contributed by atoms with Gasteiger partial charge >= 0.3 is 5.97 Å². The number of benzene rings is 2. The average molecular weight is 336 g/mol. The summed E-state index contributed by atoms with van der Waals surface area (Å²) in [6, 6.07) is 11.0. The highest BCUT2D eigenvalue weighted by Gasteiger charge is 2.14. The third-order valence-electron chi connectivity index (χ3n) is 2.91. The molecule has 0 radical (unpaired) electrons. The van der Waals surface area contributed by atoms with Crippen LogP contribution < -0.4 is 14.8 Å². The summed E-state index contributed by atoms with van der Waals surface area (Å²) < 4.78 is 10.4. The summed E-state index contributed by atoms with van der Waals surface area (Å²) in [7, 11) is 1.49. The molecule has 0 aromatic heterocycles. The molecule has 2 aromatic rings. The molecule has 23 heavy (non-hydrogen) atoms. The zero-order valence-electron chi connectivity index (χ0n) is 12.2. The number of amides is 1. The van der Waals surface area contributed by atoms with Gasteiger partial charge in [0.25, 0.3) is 5.91 Å². The Bertz CT molecular complexity index is 732. The van der Waals surface area contributed by atoms with E-state index >= 15 is 0 Å². The molecule has 0 aliphatic rings. The van der Waals surface area contributed by atoms with Crippen LogP contribution in [0.2, 0.25) is 5.02 Å². The number of rotatable bonds is 6. The molecule has 0 atom stereocenters. The summed E-state index contributed by atoms with van der Waals surface area (Å²) in [5.41, 5.74) is 0.424. The summed E-state index contributed by atoms with van der Waals surface area (Å²) >= 11 is 5.82. The number of aromatic carboxylic acids is 1. The van der Waals surface area contributed by atoms with Crippen LogP contribution in [0.15, 0.2) is 42.5 Å². The molecule has 0 fully saturated rings. The van der Waals surface area contributed by atoms with Crippen LogP contribution in [0.3, 0.4) is 0 Å². The van der Waals surface area contributed by atoms with Gasteiger partial charge in [0, 0.05) is 5.02 Å². The van der Waals surface area contributed by atoms with Crippen molar-refractivity contribution >= 4 is 29.2 Å². The molecule has 2 aromatic carbocycles. The first-order valence-corrected chi connectivity index (χ1v) is 6.97. The lowest BCUT2D eigenvalue weighted by molar-refractivity contribution is -0.118. The smallest absolute Gasteiger partial charge is 0.339 e. The first kappa shape index (κ1) is 16.6. The van der Waals surface area contributed by atoms with Gasteiger partial charge in [-0.1, -0.05) is 23.7 Å². The Morgan fingerprint density at radius 3 is 2.61 bits per heavy atom. The second kappa shape index (κ2) is 7.51. The molecule has 0 saturated heterocycles. The Morgan fingerprint density at radius 1 is 1.17 bits per heavy atom. The van der Waals surface area contributed by atoms with Crippen LogP contribution in [-0.4, -0.2) is 30.7 Å². The molecule has 0 heterocycles. The van der Waals surface area contributed by atoms with Gasteiger partial charge in [0.1, 0.15) is 17.1 Å². The molecule has 2 rings (SSSR count). The molecular weight excluding hydrogens is 322 g/mol. The summed E-state index contributed by atoms with van der Waals surface area (Å²) in [6.07, 6.45) is 0. The van der Waals surface area contributed by atoms with Gasteiger partial charge in [0.2, 0.25) is 0 Å². The predicted octanol–water partition coefficient (Wildman–Crippen LogP) is 3.06. The quantitative estimate of drug-likeness (QED) is 0.847. The summed E-state index contributed by atoms with van der Waals surface area (Å²) in [6.45, 7) is -0.362. The number of hydrogen-bond donors (Lipinski definition) is 2. The maximum atomic E-state index is 11.9. The van der Waals surface area contributed by atoms with Crippen molar-refractivity contribution in [3.05, 3.63) is 53.1 Å². The van der Waals surface area contributed by atoms with Crippen LogP contribution in [0.4, 0.5) is 5.69 Å². The van der Waals surface area contributed by atoms with E-state index in [4.69, 9.17) is 26.2 Å². The van der Waals surface area contributed by atoms with E-state index in [1.165, 1.54) is 25.3 Å². The number of halogens is 1. The minimum absolute atomic E-state index is 0.0279. The second-order valence-corrected chi connectivity index (χ2v) is 4.92. The Labute approximate surface area is 137 Å². The standard InChI is InChI=1S/C16H14ClNO5/c1-22-13-5-3-2-4-12(13)18-15(19)9-23-14-8-10(17)6-7-11(14)16(20)21/h2-8H,9H2,1H3,(H,18,19)(H,20,21). The maximum absolute atomic E-state index is 11.9. The van der Waals surface area contributed by atoms with Gasteiger partial charge in [-0.05, 0) is 30.3 Å². The van der Waals surface area contributed by atoms with Gasteiger partial charge in [-0.15, -0.1) is 0 Å². The first-order chi connectivity index (χ1) is 11.0. The van der Waals surface area contributed by atoms with E-state index < -0.39 is 11.9 Å². The molecule has 0 unspecified atom stereocenters. The highest BCUT2D eigenvalue weighted by molar-refractivity contribution is 6.30. The molecule has 6 nitrogen and oxygen atoms in total. The van der Waals surface area contributed by atoms with Crippen LogP contribution in [0.5, 0.6) is 11.5 Å². The Morgan fingerprint density at radius 2 is 1.91 bits per heavy atom. The average Bonchev–Trinajstić information content (AvgIpc) is 2.53. The zero-order chi connectivity index (χ0) is 16.8. The minimum Gasteiger partial charge on any atom is -0.495 e. The molecular formula is C16H14ClNO5. The monoisotopic (exact) mass is 335 g/mol. The largest absolute Gasteiger partial charge is 0.495 e. The minimum atomic E-state index is -1.16. The van der Waals surface area contributed by atoms with E-state index in [1.807, 2.05) is 0 Å². The SMILES string of the molecule is COc1ccccc1NC(=O)COc1cc(Cl)ccc1C(=O)O. The van der Waals surface area contributed by atoms with Gasteiger partial charge < -0.3 is 19.9 Å². The fraction of sp³-hybridized carbons (Fsp3) is 0.125. The van der Waals surface area contributed by atoms with E-state index in [9.17, 15) is 9.59 Å². The Kier molecular flexibility index (Phi) is 5.43. The summed E-state index contributed by atoms with van der Waals surface area (Å²) in [4.78, 5) is 23.1. The van der Waals surface area contributed by atoms with Crippen LogP contribution in [0.1, 0.15) is 10.4 Å². The van der Waals surface area contributed by atoms with Crippen molar-refractivity contribution < 1.29 is 24.2 Å². The normalized spacial score (nSPS) is 10.0. The summed E-state index contributed by atoms with van der Waals surface area (Å²) in [5.74, 6) is -1.08. The molecule has 120 valence electrons. The number of para-hydroxylation sites is 2. The molecule has 7 heteroatoms. The van der Waals surface area contributed by atoms with Gasteiger partial charge in [0.15, 0.2) is 6.61 Å². The van der Waals surface area contributed by atoms with Crippen molar-refractivity contribution in [2.75, 3.05) is 19.0 Å². The van der Waals surface area contributed by atoms with Gasteiger partial charge in [-0.25, -0.2) is 4.79 Å². The molecule has 0 bridgehead atoms. The second-order valence-electron chi connectivity index (χ2n) is 4.48. The van der Waals surface area contributed by atoms with Gasteiger partial charge in [0.05, 0.1) is 12.8 Å². The highest BCUT2D eigenvalue weighted by Crippen LogP contribution is 2.25. The third-order valence-corrected chi connectivity index (χ3v) is 3.15. The zero-order valence-corrected chi connectivity index (χ0v) is 13.0. The van der Waals surface area contributed by atoms with Crippen LogP contribution in [0.25, 0.3) is 0 Å².